The molecule has 0 nitrogen and oxygen atoms in total. The van der Waals surface area contributed by atoms with Gasteiger partial charge in [0.05, 0.1) is 9.52 Å². The average Bonchev–Trinajstić information content (AvgIpc) is 1.76. The summed E-state index contributed by atoms with van der Waals surface area (Å²) in [5.74, 6) is 0. The van der Waals surface area contributed by atoms with Crippen LogP contribution in [0.2, 0.25) is 0 Å². The zero-order valence-electron chi connectivity index (χ0n) is 3.59. The maximum absolute atomic E-state index is 2.26. The largest absolute Gasteiger partial charge is 0.0969 e. The first kappa shape index (κ1) is 6.23. The van der Waals surface area contributed by atoms with E-state index in [1.54, 1.807) is 0 Å². The Morgan fingerprint density at radius 2 is 1.50 bits per heavy atom. The molecule has 0 unspecified atom stereocenters. The first-order valence-corrected chi connectivity index (χ1v) is 3.45. The molecule has 0 atom stereocenters. The van der Waals surface area contributed by atoms with Gasteiger partial charge in [-0.3, -0.25) is 0 Å². The molecule has 1 heterocycles. The smallest absolute Gasteiger partial charge is 0.0691 e. The van der Waals surface area contributed by atoms with Gasteiger partial charge in [0.1, 0.15) is 0 Å². The highest BCUT2D eigenvalue weighted by molar-refractivity contribution is 6.49. The van der Waals surface area contributed by atoms with Gasteiger partial charge >= 0.3 is 0 Å². The third-order valence-corrected chi connectivity index (χ3v) is 1.74. The molecule has 0 spiro atoms. The summed E-state index contributed by atoms with van der Waals surface area (Å²) >= 11 is 0. The van der Waals surface area contributed by atoms with Gasteiger partial charge in [0.15, 0.2) is 0 Å². The molecule has 1 rings (SSSR count). The summed E-state index contributed by atoms with van der Waals surface area (Å²) in [4.78, 5) is 0. The average molecular weight is 109 g/mol. The second-order valence-corrected chi connectivity index (χ2v) is 2.51. The lowest BCUT2D eigenvalue weighted by Gasteiger charge is -1.54. The lowest BCUT2D eigenvalue weighted by molar-refractivity contribution is 2.15. The van der Waals surface area contributed by atoms with Crippen LogP contribution in [0.15, 0.2) is 23.6 Å². The maximum Gasteiger partial charge on any atom is 0.0691 e. The molecule has 3 radical (unpaired) electrons. The summed E-state index contributed by atoms with van der Waals surface area (Å²) in [5.41, 5.74) is 4.53. The molecule has 0 saturated heterocycles. The van der Waals surface area contributed by atoms with E-state index in [2.05, 4.69) is 23.6 Å². The van der Waals surface area contributed by atoms with Gasteiger partial charge in [0, 0.05) is 17.4 Å². The van der Waals surface area contributed by atoms with Crippen molar-refractivity contribution in [1.29, 1.82) is 0 Å². The van der Waals surface area contributed by atoms with Crippen LogP contribution in [0.1, 0.15) is 0 Å². The fraction of sp³-hybridized carbons (Fsp3) is 0. The zero-order valence-corrected chi connectivity index (χ0v) is 6.16. The molecule has 0 fully saturated rings. The van der Waals surface area contributed by atoms with Crippen LogP contribution in [0.25, 0.3) is 0 Å². The van der Waals surface area contributed by atoms with Crippen molar-refractivity contribution < 1.29 is 0 Å². The van der Waals surface area contributed by atoms with Crippen LogP contribution in [0.3, 0.4) is 0 Å². The Bertz CT molecular complexity index is 65.6. The minimum absolute atomic E-state index is 0. The third kappa shape index (κ3) is 1.61. The molecule has 6 heavy (non-hydrogen) atoms. The highest BCUT2D eigenvalue weighted by atomic mass is 28.2. The van der Waals surface area contributed by atoms with Crippen molar-refractivity contribution >= 4 is 26.9 Å². The van der Waals surface area contributed by atoms with Crippen molar-refractivity contribution in [2.24, 2.45) is 0 Å². The third-order valence-electron chi connectivity index (χ3n) is 0.655. The van der Waals surface area contributed by atoms with Crippen LogP contribution in [0.5, 0.6) is 0 Å². The number of hydrogen-bond donors (Lipinski definition) is 0. The predicted molar refractivity (Wildman–Crippen MR) is 32.6 cm³/mol. The topological polar surface area (TPSA) is 0 Å². The van der Waals surface area contributed by atoms with Crippen molar-refractivity contribution in [2.45, 2.75) is 0 Å². The number of hydrogen-bond acceptors (Lipinski definition) is 0. The molecule has 0 bridgehead atoms. The summed E-state index contributed by atoms with van der Waals surface area (Å²) < 4.78 is 0. The van der Waals surface area contributed by atoms with Crippen molar-refractivity contribution in [3.05, 3.63) is 23.6 Å². The molecule has 0 aromatic carbocycles. The summed E-state index contributed by atoms with van der Waals surface area (Å²) in [6.45, 7) is 0. The first-order chi connectivity index (χ1) is 2.50. The predicted octanol–water partition coefficient (Wildman–Crippen LogP) is -0.185. The van der Waals surface area contributed by atoms with E-state index in [9.17, 15) is 0 Å². The van der Waals surface area contributed by atoms with Crippen LogP contribution in [0, 0.1) is 0 Å². The second kappa shape index (κ2) is 3.42. The maximum atomic E-state index is 2.26. The van der Waals surface area contributed by atoms with Crippen LogP contribution in [-0.2, 0) is 0 Å². The first-order valence-electron chi connectivity index (χ1n) is 1.82. The van der Waals surface area contributed by atoms with Gasteiger partial charge in [-0.1, -0.05) is 23.6 Å². The second-order valence-electron chi connectivity index (χ2n) is 1.09. The summed E-state index contributed by atoms with van der Waals surface area (Å²) in [5, 5.41) is 0. The zero-order chi connectivity index (χ0) is 3.54. The van der Waals surface area contributed by atoms with Gasteiger partial charge in [0.25, 0.3) is 0 Å². The van der Waals surface area contributed by atoms with Crippen molar-refractivity contribution in [2.75, 3.05) is 0 Å². The molecule has 1 aliphatic rings. The van der Waals surface area contributed by atoms with E-state index in [4.69, 9.17) is 0 Å². The number of allylic oxidation sites excluding steroid dienone is 2. The van der Waals surface area contributed by atoms with Crippen molar-refractivity contribution in [3.63, 3.8) is 0 Å². The molecular formula is C4H6AlSi. The Kier molecular flexibility index (Phi) is 3.55. The Balaban J connectivity index is 0.000000250. The van der Waals surface area contributed by atoms with Crippen LogP contribution in [-0.4, -0.2) is 26.9 Å². The van der Waals surface area contributed by atoms with E-state index in [1.807, 2.05) is 0 Å². The molecule has 0 amide bonds. The van der Waals surface area contributed by atoms with E-state index in [-0.39, 0.29) is 26.9 Å². The van der Waals surface area contributed by atoms with Gasteiger partial charge in [-0.05, 0) is 0 Å². The monoisotopic (exact) mass is 109 g/mol. The molecule has 0 N–H and O–H groups in total. The quantitative estimate of drug-likeness (QED) is 0.378. The van der Waals surface area contributed by atoms with Gasteiger partial charge in [0.2, 0.25) is 0 Å². The fourth-order valence-corrected chi connectivity index (χ4v) is 1.18. The standard InChI is InChI=1S/C4H6Si.Al/c1-2-4-5-3-1;/h1-4H,5H2;. The lowest BCUT2D eigenvalue weighted by Crippen LogP contribution is -1.63. The van der Waals surface area contributed by atoms with Crippen LogP contribution >= 0.6 is 0 Å². The normalized spacial score (nSPS) is 14.7. The Morgan fingerprint density at radius 1 is 1.00 bits per heavy atom. The lowest BCUT2D eigenvalue weighted by atomic mass is 10.6. The minimum Gasteiger partial charge on any atom is -0.0969 e. The molecule has 0 aromatic rings. The van der Waals surface area contributed by atoms with E-state index < -0.39 is 0 Å². The van der Waals surface area contributed by atoms with Gasteiger partial charge in [-0.25, -0.2) is 0 Å². The van der Waals surface area contributed by atoms with E-state index >= 15 is 0 Å². The van der Waals surface area contributed by atoms with Gasteiger partial charge in [-0.2, -0.15) is 0 Å². The highest BCUT2D eigenvalue weighted by Crippen LogP contribution is 1.82. The van der Waals surface area contributed by atoms with E-state index in [0.717, 1.165) is 0 Å². The van der Waals surface area contributed by atoms with Crippen molar-refractivity contribution in [1.82, 2.24) is 0 Å². The molecule has 0 aromatic heterocycles. The molecule has 29 valence electrons. The highest BCUT2D eigenvalue weighted by Gasteiger charge is 1.73. The van der Waals surface area contributed by atoms with Crippen LogP contribution < -0.4 is 0 Å². The van der Waals surface area contributed by atoms with Gasteiger partial charge < -0.3 is 0 Å². The summed E-state index contributed by atoms with van der Waals surface area (Å²) in [6.07, 6.45) is 4.23. The molecule has 0 aliphatic carbocycles. The van der Waals surface area contributed by atoms with Gasteiger partial charge in [-0.15, -0.1) is 0 Å². The van der Waals surface area contributed by atoms with E-state index in [1.165, 1.54) is 0 Å². The molecule has 0 saturated carbocycles. The summed E-state index contributed by atoms with van der Waals surface area (Å²) in [7, 11) is 0.182. The Hall–Kier alpha value is 0.229. The molecule has 2 heteroatoms. The van der Waals surface area contributed by atoms with Crippen LogP contribution in [0.4, 0.5) is 0 Å². The SMILES string of the molecule is C1=C[SiH2]C=C1.[Al]. The fourth-order valence-electron chi connectivity index (χ4n) is 0.393. The Morgan fingerprint density at radius 3 is 1.67 bits per heavy atom. The van der Waals surface area contributed by atoms with E-state index in [0.29, 0.717) is 0 Å². The molecule has 1 aliphatic heterocycles. The number of rotatable bonds is 0. The van der Waals surface area contributed by atoms with Crippen molar-refractivity contribution in [3.8, 4) is 0 Å². The minimum atomic E-state index is 0. The summed E-state index contributed by atoms with van der Waals surface area (Å²) in [6, 6.07) is 0. The molecular weight excluding hydrogens is 103 g/mol. The Labute approximate surface area is 50.9 Å².